The Bertz CT molecular complexity index is 505. The third-order valence-corrected chi connectivity index (χ3v) is 2.00. The molecule has 0 radical (unpaired) electrons. The first-order valence-corrected chi connectivity index (χ1v) is 4.76. The number of hydrogen-bond acceptors (Lipinski definition) is 2. The molecule has 0 aromatic heterocycles. The van der Waals surface area contributed by atoms with Gasteiger partial charge in [0, 0.05) is 0 Å². The largest absolute Gasteiger partial charge is 0.392 e. The molecule has 0 saturated heterocycles. The van der Waals surface area contributed by atoms with Crippen LogP contribution in [0.4, 0.5) is 22.0 Å². The molecule has 18 heavy (non-hydrogen) atoms. The van der Waals surface area contributed by atoms with Gasteiger partial charge in [0.05, 0.1) is 11.5 Å². The number of halogens is 5. The topological polar surface area (TPSA) is 55.1 Å². The third-order valence-electron chi connectivity index (χ3n) is 1.86. The van der Waals surface area contributed by atoms with E-state index in [1.54, 1.807) is 0 Å². The highest BCUT2D eigenvalue weighted by molar-refractivity contribution is 7.80. The lowest BCUT2D eigenvalue weighted by Gasteiger charge is -2.08. The van der Waals surface area contributed by atoms with Crippen molar-refractivity contribution < 1.29 is 26.7 Å². The van der Waals surface area contributed by atoms with Gasteiger partial charge in [0.2, 0.25) is 5.82 Å². The van der Waals surface area contributed by atoms with Gasteiger partial charge >= 0.3 is 0 Å². The summed E-state index contributed by atoms with van der Waals surface area (Å²) in [5, 5.41) is 1.81. The Kier molecular flexibility index (Phi) is 4.17. The first kappa shape index (κ1) is 14.3. The highest BCUT2D eigenvalue weighted by atomic mass is 32.1. The van der Waals surface area contributed by atoms with Crippen molar-refractivity contribution in [3.05, 3.63) is 34.6 Å². The fourth-order valence-corrected chi connectivity index (χ4v) is 1.13. The smallest absolute Gasteiger partial charge is 0.257 e. The molecule has 0 atom stereocenters. The molecule has 0 unspecified atom stereocenters. The summed E-state index contributed by atoms with van der Waals surface area (Å²) in [4.78, 5) is 11.0. The van der Waals surface area contributed by atoms with Crippen LogP contribution in [0.3, 0.4) is 0 Å². The van der Waals surface area contributed by atoms with Crippen molar-refractivity contribution in [3.63, 3.8) is 0 Å². The van der Waals surface area contributed by atoms with Gasteiger partial charge in [-0.2, -0.15) is 0 Å². The average molecular weight is 284 g/mol. The van der Waals surface area contributed by atoms with Gasteiger partial charge < -0.3 is 11.1 Å². The van der Waals surface area contributed by atoms with E-state index in [9.17, 15) is 26.7 Å². The Balaban J connectivity index is 3.24. The SMILES string of the molecule is NC(=S)CNC(=O)c1c(F)c(F)c(F)c(F)c1F. The Morgan fingerprint density at radius 3 is 1.78 bits per heavy atom. The van der Waals surface area contributed by atoms with E-state index in [-0.39, 0.29) is 4.99 Å². The maximum Gasteiger partial charge on any atom is 0.257 e. The minimum absolute atomic E-state index is 0.216. The van der Waals surface area contributed by atoms with Gasteiger partial charge in [0.25, 0.3) is 5.91 Å². The van der Waals surface area contributed by atoms with E-state index in [2.05, 4.69) is 12.2 Å². The molecule has 98 valence electrons. The van der Waals surface area contributed by atoms with E-state index < -0.39 is 47.1 Å². The van der Waals surface area contributed by atoms with Crippen LogP contribution >= 0.6 is 12.2 Å². The quantitative estimate of drug-likeness (QED) is 0.382. The van der Waals surface area contributed by atoms with Gasteiger partial charge in [-0.05, 0) is 0 Å². The number of carbonyl (C=O) groups excluding carboxylic acids is 1. The summed E-state index contributed by atoms with van der Waals surface area (Å²) in [6, 6.07) is 0. The molecule has 0 spiro atoms. The fourth-order valence-electron chi connectivity index (χ4n) is 1.06. The highest BCUT2D eigenvalue weighted by Crippen LogP contribution is 2.22. The van der Waals surface area contributed by atoms with Gasteiger partial charge in [-0.1, -0.05) is 12.2 Å². The minimum atomic E-state index is -2.34. The molecular formula is C9H5F5N2OS. The van der Waals surface area contributed by atoms with Crippen LogP contribution in [0.5, 0.6) is 0 Å². The number of rotatable bonds is 3. The molecule has 0 aliphatic rings. The normalized spacial score (nSPS) is 10.3. The van der Waals surface area contributed by atoms with Crippen molar-refractivity contribution in [3.8, 4) is 0 Å². The number of nitrogens with one attached hydrogen (secondary N) is 1. The minimum Gasteiger partial charge on any atom is -0.392 e. The van der Waals surface area contributed by atoms with Gasteiger partial charge in [-0.15, -0.1) is 0 Å². The maximum atomic E-state index is 13.1. The standard InChI is InChI=1S/C9H5F5N2OS/c10-4-3(9(17)16-1-2(15)18)5(11)7(13)8(14)6(4)12/h1H2,(H2,15,18)(H,16,17). The second kappa shape index (κ2) is 5.25. The molecule has 3 nitrogen and oxygen atoms in total. The van der Waals surface area contributed by atoms with Crippen LogP contribution in [0.15, 0.2) is 0 Å². The Hall–Kier alpha value is -1.77. The molecular weight excluding hydrogens is 279 g/mol. The predicted octanol–water partition coefficient (Wildman–Crippen LogP) is 1.40. The lowest BCUT2D eigenvalue weighted by molar-refractivity contribution is 0.0947. The van der Waals surface area contributed by atoms with E-state index in [1.165, 1.54) is 0 Å². The third kappa shape index (κ3) is 2.55. The number of hydrogen-bond donors (Lipinski definition) is 2. The summed E-state index contributed by atoms with van der Waals surface area (Å²) in [5.41, 5.74) is 3.42. The lowest BCUT2D eigenvalue weighted by Crippen LogP contribution is -2.33. The van der Waals surface area contributed by atoms with E-state index in [4.69, 9.17) is 5.73 Å². The molecule has 0 aliphatic carbocycles. The Morgan fingerprint density at radius 2 is 1.39 bits per heavy atom. The number of amides is 1. The monoisotopic (exact) mass is 284 g/mol. The molecule has 1 aromatic rings. The summed E-state index contributed by atoms with van der Waals surface area (Å²) in [7, 11) is 0. The second-order valence-corrected chi connectivity index (χ2v) is 3.62. The van der Waals surface area contributed by atoms with Crippen molar-refractivity contribution in [1.29, 1.82) is 0 Å². The Labute approximate surface area is 103 Å². The first-order chi connectivity index (χ1) is 8.27. The molecule has 0 aliphatic heterocycles. The zero-order valence-corrected chi connectivity index (χ0v) is 9.31. The van der Waals surface area contributed by atoms with Crippen molar-refractivity contribution >= 4 is 23.1 Å². The number of thiocarbonyl (C=S) groups is 1. The maximum absolute atomic E-state index is 13.1. The van der Waals surface area contributed by atoms with Crippen LogP contribution in [0.25, 0.3) is 0 Å². The average Bonchev–Trinajstić information content (AvgIpc) is 2.31. The molecule has 3 N–H and O–H groups in total. The number of nitrogens with two attached hydrogens (primary N) is 1. The zero-order valence-electron chi connectivity index (χ0n) is 8.49. The molecule has 9 heteroatoms. The molecule has 1 aromatic carbocycles. The van der Waals surface area contributed by atoms with Gasteiger partial charge in [-0.25, -0.2) is 22.0 Å². The van der Waals surface area contributed by atoms with E-state index >= 15 is 0 Å². The summed E-state index contributed by atoms with van der Waals surface area (Å²) in [6.07, 6.45) is 0. The second-order valence-electron chi connectivity index (χ2n) is 3.09. The molecule has 0 saturated carbocycles. The van der Waals surface area contributed by atoms with Crippen LogP contribution in [0.2, 0.25) is 0 Å². The molecule has 1 amide bonds. The number of carbonyl (C=O) groups is 1. The van der Waals surface area contributed by atoms with Crippen LogP contribution < -0.4 is 11.1 Å². The van der Waals surface area contributed by atoms with Crippen molar-refractivity contribution in [2.45, 2.75) is 0 Å². The molecule has 1 rings (SSSR count). The lowest BCUT2D eigenvalue weighted by atomic mass is 10.1. The summed E-state index contributed by atoms with van der Waals surface area (Å²) < 4.78 is 64.5. The van der Waals surface area contributed by atoms with Gasteiger partial charge in [0.1, 0.15) is 5.56 Å². The van der Waals surface area contributed by atoms with Crippen molar-refractivity contribution in [2.75, 3.05) is 6.54 Å². The van der Waals surface area contributed by atoms with E-state index in [0.717, 1.165) is 0 Å². The van der Waals surface area contributed by atoms with E-state index in [1.807, 2.05) is 5.32 Å². The van der Waals surface area contributed by atoms with Gasteiger partial charge in [0.15, 0.2) is 23.3 Å². The fraction of sp³-hybridized carbons (Fsp3) is 0.111. The van der Waals surface area contributed by atoms with Crippen LogP contribution in [-0.2, 0) is 0 Å². The van der Waals surface area contributed by atoms with Crippen molar-refractivity contribution in [1.82, 2.24) is 5.32 Å². The predicted molar refractivity (Wildman–Crippen MR) is 55.4 cm³/mol. The van der Waals surface area contributed by atoms with Crippen LogP contribution in [-0.4, -0.2) is 17.4 Å². The van der Waals surface area contributed by atoms with Gasteiger partial charge in [-0.3, -0.25) is 4.79 Å². The highest BCUT2D eigenvalue weighted by Gasteiger charge is 2.29. The molecule has 0 bridgehead atoms. The first-order valence-electron chi connectivity index (χ1n) is 4.35. The van der Waals surface area contributed by atoms with E-state index in [0.29, 0.717) is 0 Å². The molecule has 0 fully saturated rings. The zero-order chi connectivity index (χ0) is 14.0. The summed E-state index contributed by atoms with van der Waals surface area (Å²) in [6.45, 7) is -0.437. The van der Waals surface area contributed by atoms with Crippen LogP contribution in [0.1, 0.15) is 10.4 Å². The van der Waals surface area contributed by atoms with Crippen LogP contribution in [0, 0.1) is 29.1 Å². The number of benzene rings is 1. The Morgan fingerprint density at radius 1 is 1.00 bits per heavy atom. The summed E-state index contributed by atoms with van der Waals surface area (Å²) in [5.74, 6) is -12.7. The van der Waals surface area contributed by atoms with Crippen molar-refractivity contribution in [2.24, 2.45) is 5.73 Å². The summed E-state index contributed by atoms with van der Waals surface area (Å²) >= 11 is 4.37. The molecule has 0 heterocycles.